The van der Waals surface area contributed by atoms with E-state index in [2.05, 4.69) is 0 Å². The zero-order valence-corrected chi connectivity index (χ0v) is 14.5. The molecule has 0 saturated heterocycles. The zero-order chi connectivity index (χ0) is 17.6. The van der Waals surface area contributed by atoms with Gasteiger partial charge in [-0.15, -0.1) is 0 Å². The Bertz CT molecular complexity index is 759. The van der Waals surface area contributed by atoms with E-state index in [4.69, 9.17) is 14.2 Å². The Morgan fingerprint density at radius 1 is 1.04 bits per heavy atom. The van der Waals surface area contributed by atoms with E-state index >= 15 is 0 Å². The van der Waals surface area contributed by atoms with Crippen LogP contribution in [0.2, 0.25) is 0 Å². The molecule has 2 heterocycles. The van der Waals surface area contributed by atoms with E-state index in [9.17, 15) is 9.59 Å². The highest BCUT2D eigenvalue weighted by Gasteiger charge is 2.63. The summed E-state index contributed by atoms with van der Waals surface area (Å²) in [5, 5.41) is 0. The van der Waals surface area contributed by atoms with Gasteiger partial charge in [-0.05, 0) is 29.9 Å². The lowest BCUT2D eigenvalue weighted by Gasteiger charge is -2.39. The molecule has 3 aliphatic rings. The Kier molecular flexibility index (Phi) is 3.91. The third kappa shape index (κ3) is 2.11. The molecule has 5 nitrogen and oxygen atoms in total. The largest absolute Gasteiger partial charge is 0.466 e. The van der Waals surface area contributed by atoms with Crippen LogP contribution in [0.1, 0.15) is 49.3 Å². The predicted octanol–water partition coefficient (Wildman–Crippen LogP) is 3.19. The molecule has 0 N–H and O–H groups in total. The van der Waals surface area contributed by atoms with Crippen molar-refractivity contribution in [3.63, 3.8) is 0 Å². The summed E-state index contributed by atoms with van der Waals surface area (Å²) < 4.78 is 16.5. The summed E-state index contributed by atoms with van der Waals surface area (Å²) in [5.41, 5.74) is 1.72. The lowest BCUT2D eigenvalue weighted by atomic mass is 9.66. The van der Waals surface area contributed by atoms with Gasteiger partial charge in [0.2, 0.25) is 0 Å². The summed E-state index contributed by atoms with van der Waals surface area (Å²) >= 11 is 0. The molecule has 25 heavy (non-hydrogen) atoms. The van der Waals surface area contributed by atoms with Crippen molar-refractivity contribution in [2.75, 3.05) is 14.2 Å². The Labute approximate surface area is 146 Å². The zero-order valence-electron chi connectivity index (χ0n) is 14.5. The molecule has 1 aliphatic carbocycles. The van der Waals surface area contributed by atoms with Gasteiger partial charge in [-0.2, -0.15) is 0 Å². The molecule has 0 amide bonds. The average Bonchev–Trinajstić information content (AvgIpc) is 3.20. The van der Waals surface area contributed by atoms with E-state index in [1.54, 1.807) is 0 Å². The number of ether oxygens (including phenoxy) is 3. The number of hydrogen-bond donors (Lipinski definition) is 0. The molecule has 1 aromatic carbocycles. The van der Waals surface area contributed by atoms with Gasteiger partial charge in [-0.3, -0.25) is 0 Å². The number of fused-ring (bicyclic) bond motifs is 5. The normalized spacial score (nSPS) is 28.0. The monoisotopic (exact) mass is 342 g/mol. The van der Waals surface area contributed by atoms with Crippen molar-refractivity contribution in [3.05, 3.63) is 46.5 Å². The highest BCUT2D eigenvalue weighted by molar-refractivity contribution is 6.05. The fourth-order valence-corrected chi connectivity index (χ4v) is 4.83. The van der Waals surface area contributed by atoms with Crippen LogP contribution in [0, 0.1) is 5.92 Å². The van der Waals surface area contributed by atoms with Gasteiger partial charge in [-0.25, -0.2) is 9.59 Å². The first-order valence-electron chi connectivity index (χ1n) is 8.83. The number of rotatable bonds is 3. The molecule has 2 bridgehead atoms. The van der Waals surface area contributed by atoms with Crippen LogP contribution in [0.3, 0.4) is 0 Å². The molecule has 1 saturated carbocycles. The molecule has 2 unspecified atom stereocenters. The van der Waals surface area contributed by atoms with E-state index in [0.717, 1.165) is 36.8 Å². The molecule has 1 fully saturated rings. The molecular weight excluding hydrogens is 320 g/mol. The fraction of sp³-hybridized carbons (Fsp3) is 0.500. The number of esters is 2. The molecule has 2 atom stereocenters. The lowest BCUT2D eigenvalue weighted by molar-refractivity contribution is -0.141. The van der Waals surface area contributed by atoms with E-state index in [1.807, 2.05) is 24.3 Å². The van der Waals surface area contributed by atoms with Crippen LogP contribution in [0.25, 0.3) is 0 Å². The van der Waals surface area contributed by atoms with Crippen LogP contribution in [-0.4, -0.2) is 26.2 Å². The molecule has 0 radical (unpaired) electrons. The maximum atomic E-state index is 12.7. The van der Waals surface area contributed by atoms with Crippen LogP contribution < -0.4 is 0 Å². The smallest absolute Gasteiger partial charge is 0.337 e. The van der Waals surface area contributed by atoms with Crippen LogP contribution in [0.5, 0.6) is 0 Å². The van der Waals surface area contributed by atoms with Crippen LogP contribution >= 0.6 is 0 Å². The van der Waals surface area contributed by atoms with Crippen molar-refractivity contribution >= 4 is 11.9 Å². The highest BCUT2D eigenvalue weighted by atomic mass is 16.6. The first-order chi connectivity index (χ1) is 12.1. The molecule has 5 heteroatoms. The Hall–Kier alpha value is -2.14. The van der Waals surface area contributed by atoms with Crippen molar-refractivity contribution in [1.29, 1.82) is 0 Å². The summed E-state index contributed by atoms with van der Waals surface area (Å²) in [6.45, 7) is 0. The van der Waals surface area contributed by atoms with Gasteiger partial charge in [-0.1, -0.05) is 43.5 Å². The van der Waals surface area contributed by atoms with Gasteiger partial charge in [0.15, 0.2) is 0 Å². The SMILES string of the molecule is COC(=O)C1=C(C(=O)OC)C2(C3CCCCC3)OC1c1ccccc12. The van der Waals surface area contributed by atoms with Gasteiger partial charge >= 0.3 is 11.9 Å². The number of methoxy groups -OCH3 is 2. The lowest BCUT2D eigenvalue weighted by Crippen LogP contribution is -2.40. The van der Waals surface area contributed by atoms with E-state index in [-0.39, 0.29) is 5.92 Å². The predicted molar refractivity (Wildman–Crippen MR) is 89.6 cm³/mol. The van der Waals surface area contributed by atoms with Gasteiger partial charge < -0.3 is 14.2 Å². The van der Waals surface area contributed by atoms with Crippen LogP contribution in [0.15, 0.2) is 35.4 Å². The number of benzene rings is 1. The topological polar surface area (TPSA) is 61.8 Å². The van der Waals surface area contributed by atoms with Crippen molar-refractivity contribution in [2.24, 2.45) is 5.92 Å². The minimum absolute atomic E-state index is 0.156. The van der Waals surface area contributed by atoms with Crippen molar-refractivity contribution in [2.45, 2.75) is 43.8 Å². The second-order valence-corrected chi connectivity index (χ2v) is 6.93. The first-order valence-corrected chi connectivity index (χ1v) is 8.83. The molecule has 0 aromatic heterocycles. The van der Waals surface area contributed by atoms with Crippen molar-refractivity contribution in [1.82, 2.24) is 0 Å². The molecule has 2 aliphatic heterocycles. The van der Waals surface area contributed by atoms with Gasteiger partial charge in [0.1, 0.15) is 11.7 Å². The maximum Gasteiger partial charge on any atom is 0.337 e. The average molecular weight is 342 g/mol. The molecule has 132 valence electrons. The summed E-state index contributed by atoms with van der Waals surface area (Å²) in [7, 11) is 2.67. The summed E-state index contributed by atoms with van der Waals surface area (Å²) in [4.78, 5) is 25.2. The van der Waals surface area contributed by atoms with Crippen LogP contribution in [0.4, 0.5) is 0 Å². The van der Waals surface area contributed by atoms with E-state index in [1.165, 1.54) is 20.6 Å². The minimum Gasteiger partial charge on any atom is -0.466 e. The molecule has 4 rings (SSSR count). The second kappa shape index (κ2) is 5.99. The summed E-state index contributed by atoms with van der Waals surface area (Å²) in [6, 6.07) is 7.88. The Morgan fingerprint density at radius 3 is 2.40 bits per heavy atom. The van der Waals surface area contributed by atoms with Gasteiger partial charge in [0, 0.05) is 0 Å². The highest BCUT2D eigenvalue weighted by Crippen LogP contribution is 2.63. The number of carbonyl (C=O) groups is 2. The van der Waals surface area contributed by atoms with Crippen molar-refractivity contribution in [3.8, 4) is 0 Å². The Morgan fingerprint density at radius 2 is 1.72 bits per heavy atom. The van der Waals surface area contributed by atoms with Crippen molar-refractivity contribution < 1.29 is 23.8 Å². The standard InChI is InChI=1S/C20H22O5/c1-23-18(21)15-16(19(22)24-2)20(12-8-4-3-5-9-12)14-11-7-6-10-13(14)17(15)25-20/h6-7,10-12,17H,3-5,8-9H2,1-2H3. The van der Waals surface area contributed by atoms with E-state index in [0.29, 0.717) is 11.1 Å². The molecule has 0 spiro atoms. The maximum absolute atomic E-state index is 12.7. The molecule has 1 aromatic rings. The van der Waals surface area contributed by atoms with Crippen LogP contribution in [-0.2, 0) is 29.4 Å². The second-order valence-electron chi connectivity index (χ2n) is 6.93. The fourth-order valence-electron chi connectivity index (χ4n) is 4.83. The van der Waals surface area contributed by atoms with Gasteiger partial charge in [0.05, 0.1) is 25.4 Å². The third-order valence-electron chi connectivity index (χ3n) is 5.82. The third-order valence-corrected chi connectivity index (χ3v) is 5.82. The minimum atomic E-state index is -0.891. The summed E-state index contributed by atoms with van der Waals surface area (Å²) in [6.07, 6.45) is 4.78. The van der Waals surface area contributed by atoms with E-state index < -0.39 is 23.6 Å². The number of carbonyl (C=O) groups excluding carboxylic acids is 2. The first kappa shape index (κ1) is 16.3. The quantitative estimate of drug-likeness (QED) is 0.790. The van der Waals surface area contributed by atoms with Gasteiger partial charge in [0.25, 0.3) is 0 Å². The number of hydrogen-bond acceptors (Lipinski definition) is 5. The Balaban J connectivity index is 1.96. The molecular formula is C20H22O5. The summed E-state index contributed by atoms with van der Waals surface area (Å²) in [5.74, 6) is -0.857.